The summed E-state index contributed by atoms with van der Waals surface area (Å²) in [6.45, 7) is 9.63. The molecule has 0 saturated carbocycles. The van der Waals surface area contributed by atoms with E-state index in [-0.39, 0.29) is 11.8 Å². The first-order valence-corrected chi connectivity index (χ1v) is 7.05. The summed E-state index contributed by atoms with van der Waals surface area (Å²) in [5, 5.41) is 6.90. The minimum atomic E-state index is -0.0262. The summed E-state index contributed by atoms with van der Waals surface area (Å²) in [7, 11) is 0. The van der Waals surface area contributed by atoms with Crippen molar-refractivity contribution in [3.8, 4) is 0 Å². The molecule has 2 aromatic heterocycles. The molecule has 1 unspecified atom stereocenters. The Bertz CT molecular complexity index is 622. The molecule has 0 radical (unpaired) electrons. The Kier molecular flexibility index (Phi) is 4.40. The van der Waals surface area contributed by atoms with Gasteiger partial charge in [-0.05, 0) is 45.2 Å². The van der Waals surface area contributed by atoms with Crippen LogP contribution in [0.2, 0.25) is 0 Å². The van der Waals surface area contributed by atoms with E-state index < -0.39 is 0 Å². The third-order valence-electron chi connectivity index (χ3n) is 3.69. The molecule has 2 rings (SSSR count). The Balaban J connectivity index is 2.09. The largest absolute Gasteiger partial charge is 0.361 e. The summed E-state index contributed by atoms with van der Waals surface area (Å²) in [5.41, 5.74) is 4.51. The lowest BCUT2D eigenvalue weighted by atomic mass is 9.96. The number of nitrogens with zero attached hydrogens (tertiary/aromatic N) is 2. The highest BCUT2D eigenvalue weighted by Gasteiger charge is 2.19. The quantitative estimate of drug-likeness (QED) is 0.935. The molecule has 112 valence electrons. The molecule has 0 aliphatic carbocycles. The van der Waals surface area contributed by atoms with Crippen LogP contribution in [-0.2, 0) is 4.79 Å². The first-order valence-electron chi connectivity index (χ1n) is 7.05. The molecule has 0 spiro atoms. The summed E-state index contributed by atoms with van der Waals surface area (Å²) in [6.07, 6.45) is 2.13. The highest BCUT2D eigenvalue weighted by Crippen LogP contribution is 2.26. The maximum atomic E-state index is 12.3. The number of nitrogens with one attached hydrogen (secondary N) is 1. The minimum absolute atomic E-state index is 0.0262. The third kappa shape index (κ3) is 3.29. The van der Waals surface area contributed by atoms with Gasteiger partial charge in [-0.15, -0.1) is 0 Å². The molecule has 0 aromatic carbocycles. The number of anilines is 1. The predicted molar refractivity (Wildman–Crippen MR) is 81.3 cm³/mol. The van der Waals surface area contributed by atoms with Crippen molar-refractivity contribution in [2.75, 3.05) is 5.32 Å². The average Bonchev–Trinajstić information content (AvgIpc) is 2.73. The van der Waals surface area contributed by atoms with E-state index in [4.69, 9.17) is 4.52 Å². The van der Waals surface area contributed by atoms with Gasteiger partial charge in [-0.2, -0.15) is 0 Å². The number of hydrogen-bond acceptors (Lipinski definition) is 4. The van der Waals surface area contributed by atoms with Crippen LogP contribution < -0.4 is 5.32 Å². The fourth-order valence-electron chi connectivity index (χ4n) is 2.65. The lowest BCUT2D eigenvalue weighted by Crippen LogP contribution is -2.16. The lowest BCUT2D eigenvalue weighted by Gasteiger charge is -2.14. The van der Waals surface area contributed by atoms with Gasteiger partial charge in [-0.1, -0.05) is 12.1 Å². The molecule has 0 aliphatic rings. The predicted octanol–water partition coefficient (Wildman–Crippen LogP) is 3.44. The fourth-order valence-corrected chi connectivity index (χ4v) is 2.65. The molecule has 0 saturated heterocycles. The van der Waals surface area contributed by atoms with Gasteiger partial charge < -0.3 is 9.84 Å². The zero-order valence-corrected chi connectivity index (χ0v) is 13.2. The van der Waals surface area contributed by atoms with Gasteiger partial charge in [-0.3, -0.25) is 9.78 Å². The van der Waals surface area contributed by atoms with Crippen LogP contribution in [0, 0.1) is 27.7 Å². The van der Waals surface area contributed by atoms with E-state index in [0.717, 1.165) is 34.0 Å². The van der Waals surface area contributed by atoms with Crippen molar-refractivity contribution in [3.63, 3.8) is 0 Å². The van der Waals surface area contributed by atoms with Gasteiger partial charge in [0.05, 0.1) is 17.1 Å². The van der Waals surface area contributed by atoms with Gasteiger partial charge in [0.2, 0.25) is 5.91 Å². The number of pyridine rings is 1. The molecule has 1 amide bonds. The fraction of sp³-hybridized carbons (Fsp3) is 0.438. The molecule has 0 aliphatic heterocycles. The molecular formula is C16H21N3O2. The van der Waals surface area contributed by atoms with E-state index in [1.54, 1.807) is 6.20 Å². The summed E-state index contributed by atoms with van der Waals surface area (Å²) in [5.74, 6) is 0.816. The highest BCUT2D eigenvalue weighted by atomic mass is 16.5. The van der Waals surface area contributed by atoms with Gasteiger partial charge in [0.15, 0.2) is 0 Å². The number of aryl methyl sites for hydroxylation is 4. The Morgan fingerprint density at radius 2 is 2.00 bits per heavy atom. The second kappa shape index (κ2) is 6.08. The summed E-state index contributed by atoms with van der Waals surface area (Å²) in [4.78, 5) is 16.5. The third-order valence-corrected chi connectivity index (χ3v) is 3.69. The number of amides is 1. The van der Waals surface area contributed by atoms with Crippen molar-refractivity contribution in [1.82, 2.24) is 10.1 Å². The zero-order valence-electron chi connectivity index (χ0n) is 13.2. The summed E-state index contributed by atoms with van der Waals surface area (Å²) >= 11 is 0. The molecule has 2 heterocycles. The first kappa shape index (κ1) is 15.2. The smallest absolute Gasteiger partial charge is 0.225 e. The molecular weight excluding hydrogens is 266 g/mol. The maximum absolute atomic E-state index is 12.3. The summed E-state index contributed by atoms with van der Waals surface area (Å²) in [6, 6.07) is 1.89. The van der Waals surface area contributed by atoms with Crippen LogP contribution in [0.15, 0.2) is 16.8 Å². The van der Waals surface area contributed by atoms with E-state index in [9.17, 15) is 4.79 Å². The molecule has 5 heteroatoms. The van der Waals surface area contributed by atoms with Crippen LogP contribution in [0.5, 0.6) is 0 Å². The second-order valence-electron chi connectivity index (χ2n) is 5.48. The normalized spacial score (nSPS) is 12.2. The molecule has 5 nitrogen and oxygen atoms in total. The number of carbonyl (C=O) groups is 1. The number of carbonyl (C=O) groups excluding carboxylic acids is 1. The number of aromatic nitrogens is 2. The van der Waals surface area contributed by atoms with Crippen LogP contribution in [0.3, 0.4) is 0 Å². The van der Waals surface area contributed by atoms with E-state index in [1.807, 2.05) is 40.7 Å². The van der Waals surface area contributed by atoms with Crippen molar-refractivity contribution in [2.24, 2.45) is 0 Å². The van der Waals surface area contributed by atoms with E-state index in [2.05, 4.69) is 15.5 Å². The van der Waals surface area contributed by atoms with E-state index in [1.165, 1.54) is 0 Å². The maximum Gasteiger partial charge on any atom is 0.225 e. The van der Waals surface area contributed by atoms with Crippen LogP contribution in [0.25, 0.3) is 0 Å². The monoisotopic (exact) mass is 287 g/mol. The lowest BCUT2D eigenvalue weighted by molar-refractivity contribution is -0.116. The standard InChI is InChI=1S/C16H21N3O2/c1-9-6-7-17-12(4)16(9)18-14(20)8-10(2)15-11(3)19-21-13(15)5/h6-7,10H,8H2,1-5H3,(H,18,20). The van der Waals surface area contributed by atoms with Crippen LogP contribution in [0.4, 0.5) is 5.69 Å². The average molecular weight is 287 g/mol. The topological polar surface area (TPSA) is 68.0 Å². The van der Waals surface area contributed by atoms with Gasteiger partial charge >= 0.3 is 0 Å². The molecule has 2 aromatic rings. The van der Waals surface area contributed by atoms with Gasteiger partial charge in [0.25, 0.3) is 0 Å². The van der Waals surface area contributed by atoms with Crippen molar-refractivity contribution >= 4 is 11.6 Å². The van der Waals surface area contributed by atoms with Crippen LogP contribution in [-0.4, -0.2) is 16.0 Å². The Hall–Kier alpha value is -2.17. The van der Waals surface area contributed by atoms with Crippen LogP contribution >= 0.6 is 0 Å². The number of rotatable bonds is 4. The second-order valence-corrected chi connectivity index (χ2v) is 5.48. The molecule has 0 fully saturated rings. The molecule has 1 N–H and O–H groups in total. The van der Waals surface area contributed by atoms with E-state index >= 15 is 0 Å². The van der Waals surface area contributed by atoms with Crippen molar-refractivity contribution in [1.29, 1.82) is 0 Å². The van der Waals surface area contributed by atoms with Gasteiger partial charge in [0.1, 0.15) is 5.76 Å². The minimum Gasteiger partial charge on any atom is -0.361 e. The van der Waals surface area contributed by atoms with Crippen molar-refractivity contribution in [3.05, 3.63) is 40.5 Å². The SMILES string of the molecule is Cc1ccnc(C)c1NC(=O)CC(C)c1c(C)noc1C. The summed E-state index contributed by atoms with van der Waals surface area (Å²) < 4.78 is 5.16. The van der Waals surface area contributed by atoms with E-state index in [0.29, 0.717) is 6.42 Å². The van der Waals surface area contributed by atoms with Crippen molar-refractivity contribution < 1.29 is 9.32 Å². The zero-order chi connectivity index (χ0) is 15.6. The van der Waals surface area contributed by atoms with Crippen LogP contribution in [0.1, 0.15) is 47.5 Å². The Morgan fingerprint density at radius 1 is 1.29 bits per heavy atom. The van der Waals surface area contributed by atoms with Gasteiger partial charge in [-0.25, -0.2) is 0 Å². The first-order chi connectivity index (χ1) is 9.90. The Labute approximate surface area is 124 Å². The molecule has 1 atom stereocenters. The number of hydrogen-bond donors (Lipinski definition) is 1. The Morgan fingerprint density at radius 3 is 2.57 bits per heavy atom. The molecule has 0 bridgehead atoms. The highest BCUT2D eigenvalue weighted by molar-refractivity contribution is 5.92. The molecule has 21 heavy (non-hydrogen) atoms. The van der Waals surface area contributed by atoms with Gasteiger partial charge in [0, 0.05) is 18.2 Å². The van der Waals surface area contributed by atoms with Crippen molar-refractivity contribution in [2.45, 2.75) is 47.0 Å².